The highest BCUT2D eigenvalue weighted by Crippen LogP contribution is 2.31. The second-order valence-corrected chi connectivity index (χ2v) is 4.74. The van der Waals surface area contributed by atoms with Crippen molar-refractivity contribution in [2.75, 3.05) is 19.1 Å². The van der Waals surface area contributed by atoms with Gasteiger partial charge in [-0.15, -0.1) is 5.10 Å². The monoisotopic (exact) mass is 276 g/mol. The van der Waals surface area contributed by atoms with Gasteiger partial charge in [0.2, 0.25) is 5.89 Å². The lowest BCUT2D eigenvalue weighted by atomic mass is 10.3. The Kier molecular flexibility index (Phi) is 4.57. The van der Waals surface area contributed by atoms with Crippen LogP contribution in [0.25, 0.3) is 0 Å². The summed E-state index contributed by atoms with van der Waals surface area (Å²) in [5, 5.41) is 11.3. The van der Waals surface area contributed by atoms with Gasteiger partial charge in [-0.3, -0.25) is 4.90 Å². The first-order valence-electron chi connectivity index (χ1n) is 6.54. The zero-order valence-electron chi connectivity index (χ0n) is 12.3. The van der Waals surface area contributed by atoms with Gasteiger partial charge in [0.25, 0.3) is 0 Å². The van der Waals surface area contributed by atoms with Crippen LogP contribution in [-0.4, -0.2) is 30.4 Å². The summed E-state index contributed by atoms with van der Waals surface area (Å²) in [6, 6.07) is 8.50. The Morgan fingerprint density at radius 1 is 1.30 bits per heavy atom. The summed E-state index contributed by atoms with van der Waals surface area (Å²) in [5.74, 6) is 1.32. The molecule has 6 nitrogen and oxygen atoms in total. The molecule has 0 spiro atoms. The molecule has 0 aliphatic carbocycles. The predicted molar refractivity (Wildman–Crippen MR) is 77.3 cm³/mol. The van der Waals surface area contributed by atoms with E-state index in [2.05, 4.69) is 29.4 Å². The summed E-state index contributed by atoms with van der Waals surface area (Å²) >= 11 is 0. The third-order valence-corrected chi connectivity index (χ3v) is 2.85. The van der Waals surface area contributed by atoms with Gasteiger partial charge in [-0.05, 0) is 12.1 Å². The highest BCUT2D eigenvalue weighted by Gasteiger charge is 2.15. The molecular formula is C14H20N4O2. The molecule has 0 atom stereocenters. The minimum atomic E-state index is 0.372. The number of benzene rings is 1. The van der Waals surface area contributed by atoms with Gasteiger partial charge in [0, 0.05) is 13.1 Å². The van der Waals surface area contributed by atoms with Crippen molar-refractivity contribution in [3.63, 3.8) is 0 Å². The second kappa shape index (κ2) is 6.38. The van der Waals surface area contributed by atoms with Crippen molar-refractivity contribution in [1.29, 1.82) is 0 Å². The van der Waals surface area contributed by atoms with Crippen LogP contribution in [0.1, 0.15) is 19.7 Å². The van der Waals surface area contributed by atoms with Gasteiger partial charge in [-0.2, -0.15) is 0 Å². The van der Waals surface area contributed by atoms with Gasteiger partial charge in [0.15, 0.2) is 0 Å². The van der Waals surface area contributed by atoms with Crippen LogP contribution in [0.15, 0.2) is 28.7 Å². The molecule has 0 aliphatic heterocycles. The van der Waals surface area contributed by atoms with Crippen LogP contribution in [0.4, 0.5) is 11.7 Å². The molecule has 2 aromatic rings. The molecular weight excluding hydrogens is 256 g/mol. The van der Waals surface area contributed by atoms with Crippen molar-refractivity contribution in [3.05, 3.63) is 30.2 Å². The highest BCUT2D eigenvalue weighted by atomic mass is 16.5. The van der Waals surface area contributed by atoms with Gasteiger partial charge in [-0.25, -0.2) is 0 Å². The van der Waals surface area contributed by atoms with Gasteiger partial charge in [0.05, 0.1) is 19.3 Å². The Morgan fingerprint density at radius 2 is 2.05 bits per heavy atom. The van der Waals surface area contributed by atoms with Crippen LogP contribution in [0.3, 0.4) is 0 Å². The zero-order valence-corrected chi connectivity index (χ0v) is 12.3. The Hall–Kier alpha value is -2.08. The average molecular weight is 276 g/mol. The summed E-state index contributed by atoms with van der Waals surface area (Å²) in [4.78, 5) is 1.81. The lowest BCUT2D eigenvalue weighted by molar-refractivity contribution is 0.414. The molecule has 1 aromatic heterocycles. The molecule has 0 saturated heterocycles. The van der Waals surface area contributed by atoms with Crippen LogP contribution in [0.5, 0.6) is 5.75 Å². The molecule has 1 heterocycles. The standard InChI is InChI=1S/C14H20N4O2/c1-10(2)15-9-13-16-17-14(20-13)18(3)11-7-5-6-8-12(11)19-4/h5-8,10,15H,9H2,1-4H3. The van der Waals surface area contributed by atoms with Gasteiger partial charge in [0.1, 0.15) is 5.75 Å². The molecule has 1 aromatic carbocycles. The summed E-state index contributed by atoms with van der Waals surface area (Å²) in [5.41, 5.74) is 0.877. The van der Waals surface area contributed by atoms with Crippen LogP contribution in [-0.2, 0) is 6.54 Å². The minimum Gasteiger partial charge on any atom is -0.495 e. The Labute approximate surface area is 118 Å². The topological polar surface area (TPSA) is 63.4 Å². The smallest absolute Gasteiger partial charge is 0.322 e. The fourth-order valence-electron chi connectivity index (χ4n) is 1.75. The molecule has 0 amide bonds. The molecule has 20 heavy (non-hydrogen) atoms. The van der Waals surface area contributed by atoms with Gasteiger partial charge >= 0.3 is 6.01 Å². The maximum absolute atomic E-state index is 5.64. The number of hydrogen-bond donors (Lipinski definition) is 1. The van der Waals surface area contributed by atoms with Gasteiger partial charge in [-0.1, -0.05) is 31.1 Å². The molecule has 0 fully saturated rings. The number of aromatic nitrogens is 2. The molecule has 0 unspecified atom stereocenters. The van der Waals surface area contributed by atoms with E-state index in [4.69, 9.17) is 9.15 Å². The Morgan fingerprint density at radius 3 is 2.75 bits per heavy atom. The quantitative estimate of drug-likeness (QED) is 0.873. The number of anilines is 2. The van der Waals surface area contributed by atoms with E-state index in [-0.39, 0.29) is 0 Å². The van der Waals surface area contributed by atoms with Crippen molar-refractivity contribution in [2.45, 2.75) is 26.4 Å². The predicted octanol–water partition coefficient (Wildman–Crippen LogP) is 2.34. The van der Waals surface area contributed by atoms with E-state index >= 15 is 0 Å². The third kappa shape index (κ3) is 3.27. The molecule has 0 saturated carbocycles. The maximum atomic E-state index is 5.64. The average Bonchev–Trinajstić information content (AvgIpc) is 2.93. The Bertz CT molecular complexity index is 554. The van der Waals surface area contributed by atoms with E-state index in [1.165, 1.54) is 0 Å². The molecule has 0 bridgehead atoms. The van der Waals surface area contributed by atoms with Crippen LogP contribution in [0.2, 0.25) is 0 Å². The van der Waals surface area contributed by atoms with Crippen LogP contribution >= 0.6 is 0 Å². The van der Waals surface area contributed by atoms with Crippen molar-refractivity contribution in [2.24, 2.45) is 0 Å². The summed E-state index contributed by atoms with van der Waals surface area (Å²) in [6.45, 7) is 4.70. The lowest BCUT2D eigenvalue weighted by Gasteiger charge is -2.16. The molecule has 2 rings (SSSR count). The van der Waals surface area contributed by atoms with Crippen molar-refractivity contribution >= 4 is 11.7 Å². The summed E-state index contributed by atoms with van der Waals surface area (Å²) < 4.78 is 11.0. The minimum absolute atomic E-state index is 0.372. The van der Waals surface area contributed by atoms with E-state index in [0.29, 0.717) is 24.5 Å². The van der Waals surface area contributed by atoms with Crippen molar-refractivity contribution in [1.82, 2.24) is 15.5 Å². The van der Waals surface area contributed by atoms with Crippen molar-refractivity contribution in [3.8, 4) is 5.75 Å². The molecule has 108 valence electrons. The molecule has 0 aliphatic rings. The number of nitrogens with zero attached hydrogens (tertiary/aromatic N) is 3. The van der Waals surface area contributed by atoms with Crippen molar-refractivity contribution < 1.29 is 9.15 Å². The van der Waals surface area contributed by atoms with E-state index in [1.807, 2.05) is 36.2 Å². The van der Waals surface area contributed by atoms with Gasteiger partial charge < -0.3 is 14.5 Å². The third-order valence-electron chi connectivity index (χ3n) is 2.85. The summed E-state index contributed by atoms with van der Waals surface area (Å²) in [6.07, 6.45) is 0. The maximum Gasteiger partial charge on any atom is 0.322 e. The number of para-hydroxylation sites is 2. The van der Waals surface area contributed by atoms with Crippen LogP contribution < -0.4 is 15.0 Å². The molecule has 0 radical (unpaired) electrons. The first-order chi connectivity index (χ1) is 9.61. The number of ether oxygens (including phenoxy) is 1. The van der Waals surface area contributed by atoms with Crippen LogP contribution in [0, 0.1) is 0 Å². The number of hydrogen-bond acceptors (Lipinski definition) is 6. The SMILES string of the molecule is COc1ccccc1N(C)c1nnc(CNC(C)C)o1. The number of methoxy groups -OCH3 is 1. The van der Waals surface area contributed by atoms with E-state index in [1.54, 1.807) is 7.11 Å². The highest BCUT2D eigenvalue weighted by molar-refractivity contribution is 5.63. The molecule has 6 heteroatoms. The fraction of sp³-hybridized carbons (Fsp3) is 0.429. The largest absolute Gasteiger partial charge is 0.495 e. The van der Waals surface area contributed by atoms with E-state index < -0.39 is 0 Å². The molecule has 1 N–H and O–H groups in total. The first-order valence-corrected chi connectivity index (χ1v) is 6.54. The zero-order chi connectivity index (χ0) is 14.5. The normalized spacial score (nSPS) is 10.8. The Balaban J connectivity index is 2.15. The van der Waals surface area contributed by atoms with E-state index in [0.717, 1.165) is 11.4 Å². The first kappa shape index (κ1) is 14.3. The number of nitrogens with one attached hydrogen (secondary N) is 1. The lowest BCUT2D eigenvalue weighted by Crippen LogP contribution is -2.21. The number of rotatable bonds is 6. The van der Waals surface area contributed by atoms with E-state index in [9.17, 15) is 0 Å². The summed E-state index contributed by atoms with van der Waals surface area (Å²) in [7, 11) is 3.50. The second-order valence-electron chi connectivity index (χ2n) is 4.74. The fourth-order valence-corrected chi connectivity index (χ4v) is 1.75.